The Bertz CT molecular complexity index is 944. The van der Waals surface area contributed by atoms with E-state index in [2.05, 4.69) is 0 Å². The SMILES string of the molecule is CC(=O)O[C@H](C(=O)C=CC(=O)CCCOCCO)[C@H](C)C(=O)N1C(=O)O[C@H](c2ccccc2)[C@@H]1C. The summed E-state index contributed by atoms with van der Waals surface area (Å²) in [6.07, 6.45) is -0.523. The lowest BCUT2D eigenvalue weighted by molar-refractivity contribution is -0.158. The Balaban J connectivity index is 2.08. The van der Waals surface area contributed by atoms with Crippen molar-refractivity contribution in [1.82, 2.24) is 4.90 Å². The van der Waals surface area contributed by atoms with E-state index in [1.165, 1.54) is 6.92 Å². The summed E-state index contributed by atoms with van der Waals surface area (Å²) in [4.78, 5) is 63.0. The first-order chi connectivity index (χ1) is 16.7. The molecule has 1 aliphatic heterocycles. The minimum atomic E-state index is -1.52. The van der Waals surface area contributed by atoms with Gasteiger partial charge in [0.15, 0.2) is 17.7 Å². The smallest absolute Gasteiger partial charge is 0.417 e. The third kappa shape index (κ3) is 7.83. The summed E-state index contributed by atoms with van der Waals surface area (Å²) in [5, 5.41) is 8.65. The zero-order valence-electron chi connectivity index (χ0n) is 20.0. The van der Waals surface area contributed by atoms with Crippen LogP contribution in [0.2, 0.25) is 0 Å². The average Bonchev–Trinajstić information content (AvgIpc) is 3.14. The van der Waals surface area contributed by atoms with Gasteiger partial charge in [-0.15, -0.1) is 0 Å². The molecule has 10 heteroatoms. The quantitative estimate of drug-likeness (QED) is 0.251. The Hall–Kier alpha value is -3.37. The molecular formula is C25H31NO9. The molecule has 0 radical (unpaired) electrons. The molecule has 10 nitrogen and oxygen atoms in total. The first kappa shape index (κ1) is 27.9. The van der Waals surface area contributed by atoms with Gasteiger partial charge in [-0.2, -0.15) is 0 Å². The molecule has 0 spiro atoms. The van der Waals surface area contributed by atoms with Crippen LogP contribution in [0.1, 0.15) is 45.3 Å². The Kier molecular flexibility index (Phi) is 10.8. The fraction of sp³-hybridized carbons (Fsp3) is 0.480. The van der Waals surface area contributed by atoms with Gasteiger partial charge in [0, 0.05) is 20.0 Å². The normalized spacial score (nSPS) is 19.3. The Morgan fingerprint density at radius 1 is 1.14 bits per heavy atom. The van der Waals surface area contributed by atoms with Crippen molar-refractivity contribution in [1.29, 1.82) is 0 Å². The molecule has 1 saturated heterocycles. The van der Waals surface area contributed by atoms with Crippen LogP contribution in [0.4, 0.5) is 4.79 Å². The lowest BCUT2D eigenvalue weighted by Crippen LogP contribution is -2.47. The molecule has 1 heterocycles. The highest BCUT2D eigenvalue weighted by molar-refractivity contribution is 6.04. The highest BCUT2D eigenvalue weighted by atomic mass is 16.6. The van der Waals surface area contributed by atoms with Crippen molar-refractivity contribution in [3.8, 4) is 0 Å². The van der Waals surface area contributed by atoms with E-state index in [0.29, 0.717) is 12.0 Å². The molecule has 0 saturated carbocycles. The molecule has 0 aromatic heterocycles. The number of amides is 2. The number of esters is 1. The number of hydrogen-bond donors (Lipinski definition) is 1. The number of allylic oxidation sites excluding steroid dienone is 1. The van der Waals surface area contributed by atoms with Gasteiger partial charge in [-0.3, -0.25) is 19.2 Å². The number of cyclic esters (lactones) is 1. The fourth-order valence-corrected chi connectivity index (χ4v) is 3.65. The predicted molar refractivity (Wildman–Crippen MR) is 123 cm³/mol. The van der Waals surface area contributed by atoms with E-state index >= 15 is 0 Å². The maximum Gasteiger partial charge on any atom is 0.417 e. The van der Waals surface area contributed by atoms with E-state index in [-0.39, 0.29) is 32.0 Å². The second-order valence-electron chi connectivity index (χ2n) is 8.12. The first-order valence-electron chi connectivity index (χ1n) is 11.4. The van der Waals surface area contributed by atoms with Crippen LogP contribution in [-0.4, -0.2) is 71.5 Å². The van der Waals surface area contributed by atoms with Gasteiger partial charge < -0.3 is 19.3 Å². The lowest BCUT2D eigenvalue weighted by Gasteiger charge is -2.26. The largest absolute Gasteiger partial charge is 0.453 e. The van der Waals surface area contributed by atoms with Gasteiger partial charge in [0.05, 0.1) is 25.2 Å². The Morgan fingerprint density at radius 2 is 1.83 bits per heavy atom. The topological polar surface area (TPSA) is 137 Å². The molecule has 1 aromatic rings. The molecule has 2 amide bonds. The number of hydrogen-bond acceptors (Lipinski definition) is 9. The predicted octanol–water partition coefficient (Wildman–Crippen LogP) is 2.15. The number of ether oxygens (including phenoxy) is 3. The Morgan fingerprint density at radius 3 is 2.46 bits per heavy atom. The highest BCUT2D eigenvalue weighted by Gasteiger charge is 2.47. The average molecular weight is 490 g/mol. The summed E-state index contributed by atoms with van der Waals surface area (Å²) in [5.41, 5.74) is 0.715. The molecule has 0 bridgehead atoms. The number of nitrogens with zero attached hydrogens (tertiary/aromatic N) is 1. The van der Waals surface area contributed by atoms with Crippen LogP contribution in [0.5, 0.6) is 0 Å². The van der Waals surface area contributed by atoms with Crippen LogP contribution in [-0.2, 0) is 33.4 Å². The van der Waals surface area contributed by atoms with Crippen LogP contribution >= 0.6 is 0 Å². The van der Waals surface area contributed by atoms with Crippen LogP contribution in [0.15, 0.2) is 42.5 Å². The molecule has 2 rings (SSSR count). The third-order valence-corrected chi connectivity index (χ3v) is 5.43. The minimum Gasteiger partial charge on any atom is -0.453 e. The van der Waals surface area contributed by atoms with Gasteiger partial charge >= 0.3 is 12.1 Å². The van der Waals surface area contributed by atoms with Gasteiger partial charge in [0.25, 0.3) is 0 Å². The van der Waals surface area contributed by atoms with Crippen molar-refractivity contribution in [3.05, 3.63) is 48.0 Å². The molecule has 1 aliphatic rings. The number of carbonyl (C=O) groups excluding carboxylic acids is 5. The Labute approximate surface area is 203 Å². The lowest BCUT2D eigenvalue weighted by atomic mass is 9.96. The van der Waals surface area contributed by atoms with Crippen LogP contribution < -0.4 is 0 Å². The summed E-state index contributed by atoms with van der Waals surface area (Å²) >= 11 is 0. The second-order valence-corrected chi connectivity index (χ2v) is 8.12. The summed E-state index contributed by atoms with van der Waals surface area (Å²) in [7, 11) is 0. The monoisotopic (exact) mass is 489 g/mol. The van der Waals surface area contributed by atoms with Crippen molar-refractivity contribution >= 4 is 29.5 Å². The molecule has 4 atom stereocenters. The number of ketones is 2. The molecule has 35 heavy (non-hydrogen) atoms. The van der Waals surface area contributed by atoms with Gasteiger partial charge in [-0.1, -0.05) is 30.3 Å². The van der Waals surface area contributed by atoms with E-state index in [4.69, 9.17) is 19.3 Å². The molecular weight excluding hydrogens is 458 g/mol. The summed E-state index contributed by atoms with van der Waals surface area (Å²) < 4.78 is 15.6. The third-order valence-electron chi connectivity index (χ3n) is 5.43. The fourth-order valence-electron chi connectivity index (χ4n) is 3.65. The van der Waals surface area contributed by atoms with Crippen molar-refractivity contribution in [2.24, 2.45) is 5.92 Å². The summed E-state index contributed by atoms with van der Waals surface area (Å²) in [6.45, 7) is 4.46. The standard InChI is InChI=1S/C25H31NO9/c1-16(24(31)26-17(2)23(35-25(26)32)19-8-5-4-6-9-19)22(34-18(3)28)21(30)12-11-20(29)10-7-14-33-15-13-27/h4-6,8-9,11-12,16-17,22-23,27H,7,10,13-15H2,1-3H3/t16-,17-,22-,23-/m0/s1. The van der Waals surface area contributed by atoms with E-state index in [1.54, 1.807) is 31.2 Å². The van der Waals surface area contributed by atoms with Gasteiger partial charge in [0.1, 0.15) is 6.10 Å². The molecule has 0 unspecified atom stereocenters. The van der Waals surface area contributed by atoms with Crippen LogP contribution in [0.3, 0.4) is 0 Å². The number of carbonyl (C=O) groups is 5. The minimum absolute atomic E-state index is 0.111. The van der Waals surface area contributed by atoms with Crippen LogP contribution in [0.25, 0.3) is 0 Å². The zero-order valence-corrected chi connectivity index (χ0v) is 20.0. The van der Waals surface area contributed by atoms with Crippen LogP contribution in [0, 0.1) is 5.92 Å². The summed E-state index contributed by atoms with van der Waals surface area (Å²) in [5.74, 6) is -3.84. The molecule has 190 valence electrons. The van der Waals surface area contributed by atoms with Crippen molar-refractivity contribution in [3.63, 3.8) is 0 Å². The number of aliphatic hydroxyl groups is 1. The van der Waals surface area contributed by atoms with Crippen molar-refractivity contribution in [2.45, 2.75) is 51.9 Å². The second kappa shape index (κ2) is 13.5. The maximum absolute atomic E-state index is 13.2. The van der Waals surface area contributed by atoms with Gasteiger partial charge in [-0.25, -0.2) is 9.69 Å². The molecule has 1 N–H and O–H groups in total. The zero-order chi connectivity index (χ0) is 26.0. The van der Waals surface area contributed by atoms with Gasteiger partial charge in [-0.05, 0) is 38.0 Å². The summed E-state index contributed by atoms with van der Waals surface area (Å²) in [6, 6.07) is 8.28. The number of rotatable bonds is 13. The number of benzene rings is 1. The van der Waals surface area contributed by atoms with E-state index in [0.717, 1.165) is 24.0 Å². The van der Waals surface area contributed by atoms with E-state index < -0.39 is 47.9 Å². The number of aliphatic hydroxyl groups excluding tert-OH is 1. The van der Waals surface area contributed by atoms with Crippen molar-refractivity contribution in [2.75, 3.05) is 19.8 Å². The van der Waals surface area contributed by atoms with Gasteiger partial charge in [0.2, 0.25) is 5.91 Å². The maximum atomic E-state index is 13.2. The van der Waals surface area contributed by atoms with E-state index in [9.17, 15) is 24.0 Å². The number of imide groups is 1. The van der Waals surface area contributed by atoms with Crippen molar-refractivity contribution < 1.29 is 43.3 Å². The molecule has 0 aliphatic carbocycles. The molecule has 1 fully saturated rings. The molecule has 1 aromatic carbocycles. The first-order valence-corrected chi connectivity index (χ1v) is 11.4. The van der Waals surface area contributed by atoms with E-state index in [1.807, 2.05) is 6.07 Å². The highest BCUT2D eigenvalue weighted by Crippen LogP contribution is 2.33.